The van der Waals surface area contributed by atoms with Crippen molar-refractivity contribution in [1.82, 2.24) is 20.1 Å². The summed E-state index contributed by atoms with van der Waals surface area (Å²) in [6.45, 7) is 0.453. The normalized spacial score (nSPS) is 11.5. The quantitative estimate of drug-likeness (QED) is 0.256. The van der Waals surface area contributed by atoms with E-state index >= 15 is 0 Å². The molecule has 0 unspecified atom stereocenters. The van der Waals surface area contributed by atoms with Crippen molar-refractivity contribution in [3.63, 3.8) is 0 Å². The van der Waals surface area contributed by atoms with Crippen molar-refractivity contribution < 1.29 is 14.8 Å². The van der Waals surface area contributed by atoms with Crippen LogP contribution in [-0.2, 0) is 17.8 Å². The van der Waals surface area contributed by atoms with E-state index in [1.807, 2.05) is 60.7 Å². The van der Waals surface area contributed by atoms with Crippen molar-refractivity contribution in [3.8, 4) is 11.4 Å². The van der Waals surface area contributed by atoms with Gasteiger partial charge in [0.15, 0.2) is 5.82 Å². The third kappa shape index (κ3) is 7.46. The monoisotopic (exact) mass is 457 g/mol. The fourth-order valence-electron chi connectivity index (χ4n) is 3.31. The summed E-state index contributed by atoms with van der Waals surface area (Å²) in [6, 6.07) is 19.4. The number of hydrogen-bond acceptors (Lipinski definition) is 6. The molecule has 2 aromatic carbocycles. The van der Waals surface area contributed by atoms with E-state index in [0.717, 1.165) is 17.5 Å². The Morgan fingerprint density at radius 3 is 2.34 bits per heavy atom. The highest BCUT2D eigenvalue weighted by Gasteiger charge is 2.25. The maximum absolute atomic E-state index is 12.7. The van der Waals surface area contributed by atoms with Crippen molar-refractivity contribution in [1.29, 1.82) is 0 Å². The molecule has 170 valence electrons. The second-order valence-corrected chi connectivity index (χ2v) is 7.41. The molecule has 0 fully saturated rings. The van der Waals surface area contributed by atoms with Gasteiger partial charge in [-0.25, -0.2) is 9.67 Å². The predicted octanol–water partition coefficient (Wildman–Crippen LogP) is 1.58. The fraction of sp³-hybridized carbons (Fsp3) is 0.318. The van der Waals surface area contributed by atoms with Crippen LogP contribution in [0.4, 0.5) is 0 Å². The maximum Gasteiger partial charge on any atom is 0.475 e. The summed E-state index contributed by atoms with van der Waals surface area (Å²) in [6.07, 6.45) is 2.41. The number of nitrogens with zero attached hydrogens (tertiary/aromatic N) is 3. The summed E-state index contributed by atoms with van der Waals surface area (Å²) in [5.74, 6) is 0.0869. The first-order chi connectivity index (χ1) is 15.1. The van der Waals surface area contributed by atoms with Crippen LogP contribution < -0.4 is 11.1 Å². The number of nitrogens with one attached hydrogen (secondary N) is 1. The summed E-state index contributed by atoms with van der Waals surface area (Å²) in [5.41, 5.74) is 7.41. The van der Waals surface area contributed by atoms with Gasteiger partial charge in [-0.1, -0.05) is 67.1 Å². The van der Waals surface area contributed by atoms with E-state index in [2.05, 4.69) is 15.4 Å². The Balaban J connectivity index is 0.00000363. The Hall–Kier alpha value is -2.72. The molecule has 1 heterocycles. The molecule has 0 aliphatic carbocycles. The van der Waals surface area contributed by atoms with E-state index in [9.17, 15) is 14.8 Å². The summed E-state index contributed by atoms with van der Waals surface area (Å²) >= 11 is 0. The van der Waals surface area contributed by atoms with E-state index in [-0.39, 0.29) is 24.9 Å². The van der Waals surface area contributed by atoms with E-state index in [0.29, 0.717) is 37.5 Å². The Bertz CT molecular complexity index is 957. The van der Waals surface area contributed by atoms with Gasteiger partial charge in [0.2, 0.25) is 5.91 Å². The van der Waals surface area contributed by atoms with Crippen molar-refractivity contribution >= 4 is 25.4 Å². The molecule has 0 aliphatic rings. The zero-order valence-corrected chi connectivity index (χ0v) is 18.6. The van der Waals surface area contributed by atoms with Gasteiger partial charge in [-0.05, 0) is 24.9 Å². The molecule has 3 aromatic rings. The molecule has 1 amide bonds. The van der Waals surface area contributed by atoms with E-state index in [1.54, 1.807) is 4.68 Å². The van der Waals surface area contributed by atoms with Crippen molar-refractivity contribution in [2.24, 2.45) is 5.73 Å². The predicted molar refractivity (Wildman–Crippen MR) is 127 cm³/mol. The Labute approximate surface area is 194 Å². The van der Waals surface area contributed by atoms with Crippen molar-refractivity contribution in [3.05, 3.63) is 72.1 Å². The number of nitrogens with two attached hydrogens (primary N) is 1. The molecule has 0 aliphatic heterocycles. The Morgan fingerprint density at radius 2 is 1.72 bits per heavy atom. The van der Waals surface area contributed by atoms with Crippen LogP contribution in [0.2, 0.25) is 0 Å². The number of halogens is 1. The molecule has 1 aromatic heterocycles. The lowest BCUT2D eigenvalue weighted by molar-refractivity contribution is -0.122. The number of carbonyl (C=O) groups excluding carboxylic acids is 1. The lowest BCUT2D eigenvalue weighted by atomic mass is 9.76. The molecular weight excluding hydrogens is 429 g/mol. The number of carbonyl (C=O) groups is 1. The van der Waals surface area contributed by atoms with Gasteiger partial charge in [-0.15, -0.1) is 12.4 Å². The highest BCUT2D eigenvalue weighted by atomic mass is 35.5. The van der Waals surface area contributed by atoms with E-state index in [4.69, 9.17) is 5.73 Å². The number of amides is 1. The molecule has 0 spiro atoms. The largest absolute Gasteiger partial charge is 0.475 e. The number of hydrogen-bond donors (Lipinski definition) is 4. The van der Waals surface area contributed by atoms with Crippen LogP contribution in [0.5, 0.6) is 0 Å². The van der Waals surface area contributed by atoms with Gasteiger partial charge >= 0.3 is 7.12 Å². The van der Waals surface area contributed by atoms with Crippen LogP contribution in [0, 0.1) is 0 Å². The van der Waals surface area contributed by atoms with Gasteiger partial charge in [0.05, 0.1) is 5.94 Å². The number of aromatic nitrogens is 3. The third-order valence-electron chi connectivity index (χ3n) is 4.95. The van der Waals surface area contributed by atoms with Gasteiger partial charge in [-0.3, -0.25) is 4.79 Å². The minimum Gasteiger partial charge on any atom is -0.426 e. The van der Waals surface area contributed by atoms with Gasteiger partial charge in [0.25, 0.3) is 0 Å². The highest BCUT2D eigenvalue weighted by Crippen LogP contribution is 2.17. The molecule has 32 heavy (non-hydrogen) atoms. The third-order valence-corrected chi connectivity index (χ3v) is 4.95. The molecule has 0 saturated carbocycles. The second-order valence-electron chi connectivity index (χ2n) is 7.41. The molecular formula is C22H29BClN5O3. The standard InChI is InChI=1S/C22H28BN5O3.ClH/c24-14-8-7-13-19(23(30)31)25-21(29)16-28-20(15-17-9-3-1-4-10-17)26-22(27-28)18-11-5-2-6-12-18;/h1-6,9-12,19,30-31H,7-8,13-16,24H2,(H,25,29);1H/t19-;/m0./s1. The van der Waals surface area contributed by atoms with Gasteiger partial charge in [0, 0.05) is 12.0 Å². The maximum atomic E-state index is 12.7. The van der Waals surface area contributed by atoms with Crippen LogP contribution >= 0.6 is 12.4 Å². The summed E-state index contributed by atoms with van der Waals surface area (Å²) in [5, 5.41) is 26.4. The molecule has 5 N–H and O–H groups in total. The first kappa shape index (κ1) is 25.5. The van der Waals surface area contributed by atoms with Gasteiger partial charge in [0.1, 0.15) is 12.4 Å². The first-order valence-corrected chi connectivity index (χ1v) is 10.5. The smallest absolute Gasteiger partial charge is 0.426 e. The number of rotatable bonds is 11. The van der Waals surface area contributed by atoms with Crippen LogP contribution in [0.15, 0.2) is 60.7 Å². The molecule has 1 atom stereocenters. The molecule has 8 nitrogen and oxygen atoms in total. The van der Waals surface area contributed by atoms with Crippen LogP contribution in [-0.4, -0.2) is 50.3 Å². The average molecular weight is 458 g/mol. The van der Waals surface area contributed by atoms with Crippen LogP contribution in [0.25, 0.3) is 11.4 Å². The Kier molecular flexibility index (Phi) is 10.4. The molecule has 0 bridgehead atoms. The van der Waals surface area contributed by atoms with E-state index < -0.39 is 13.1 Å². The summed E-state index contributed by atoms with van der Waals surface area (Å²) < 4.78 is 1.57. The zero-order chi connectivity index (χ0) is 22.1. The van der Waals surface area contributed by atoms with Crippen molar-refractivity contribution in [2.75, 3.05) is 6.54 Å². The summed E-state index contributed by atoms with van der Waals surface area (Å²) in [7, 11) is -1.64. The number of benzene rings is 2. The van der Waals surface area contributed by atoms with Gasteiger partial charge < -0.3 is 21.1 Å². The highest BCUT2D eigenvalue weighted by molar-refractivity contribution is 6.43. The second kappa shape index (κ2) is 13.0. The SMILES string of the molecule is Cl.NCCCC[C@H](NC(=O)Cn1nc(-c2ccccc2)nc1Cc1ccccc1)B(O)O. The zero-order valence-electron chi connectivity index (χ0n) is 17.8. The number of unbranched alkanes of at least 4 members (excludes halogenated alkanes) is 1. The average Bonchev–Trinajstić information content (AvgIpc) is 3.16. The Morgan fingerprint density at radius 1 is 1.06 bits per heavy atom. The first-order valence-electron chi connectivity index (χ1n) is 10.5. The topological polar surface area (TPSA) is 126 Å². The molecule has 0 saturated heterocycles. The fourth-order valence-corrected chi connectivity index (χ4v) is 3.31. The molecule has 3 rings (SSSR count). The minimum atomic E-state index is -1.64. The summed E-state index contributed by atoms with van der Waals surface area (Å²) in [4.78, 5) is 17.3. The molecule has 10 heteroatoms. The lowest BCUT2D eigenvalue weighted by Crippen LogP contribution is -2.47. The van der Waals surface area contributed by atoms with Gasteiger partial charge in [-0.2, -0.15) is 5.10 Å². The minimum absolute atomic E-state index is 0. The van der Waals surface area contributed by atoms with Crippen LogP contribution in [0.1, 0.15) is 30.7 Å². The van der Waals surface area contributed by atoms with E-state index in [1.165, 1.54) is 0 Å². The lowest BCUT2D eigenvalue weighted by Gasteiger charge is -2.18. The molecule has 0 radical (unpaired) electrons. The van der Waals surface area contributed by atoms with Crippen molar-refractivity contribution in [2.45, 2.75) is 38.2 Å². The van der Waals surface area contributed by atoms with Crippen LogP contribution in [0.3, 0.4) is 0 Å².